The van der Waals surface area contributed by atoms with Crippen LogP contribution in [-0.4, -0.2) is 62.3 Å². The SMILES string of the molecule is Cc1cc(-c2scnc2C)ccc1CNC(=O)C1C[C@@H](O)CN1C(=O)[C@H](C(C)C)N1Cc2ccccc2C1=O. The molecule has 3 atom stereocenters. The van der Waals surface area contributed by atoms with Gasteiger partial charge in [0.15, 0.2) is 0 Å². The first-order valence-electron chi connectivity index (χ1n) is 13.3. The van der Waals surface area contributed by atoms with Gasteiger partial charge in [-0.05, 0) is 48.1 Å². The number of β-amino-alcohol motifs (C(OH)–C–C–N with tert-alkyl or cyclic N) is 1. The number of carbonyl (C=O) groups is 3. The number of fused-ring (bicyclic) bond motifs is 1. The first kappa shape index (κ1) is 27.0. The number of carbonyl (C=O) groups excluding carboxylic acids is 3. The van der Waals surface area contributed by atoms with Crippen LogP contribution in [0.15, 0.2) is 48.0 Å². The molecule has 5 rings (SSSR count). The molecular weight excluding hydrogens is 512 g/mol. The van der Waals surface area contributed by atoms with E-state index in [1.165, 1.54) is 4.90 Å². The van der Waals surface area contributed by atoms with E-state index in [2.05, 4.69) is 16.4 Å². The number of nitrogens with one attached hydrogen (secondary N) is 1. The lowest BCUT2D eigenvalue weighted by Crippen LogP contribution is -2.55. The van der Waals surface area contributed by atoms with Crippen LogP contribution in [0.5, 0.6) is 0 Å². The fourth-order valence-electron chi connectivity index (χ4n) is 5.67. The van der Waals surface area contributed by atoms with Crippen molar-refractivity contribution in [1.82, 2.24) is 20.1 Å². The van der Waals surface area contributed by atoms with Gasteiger partial charge in [0.1, 0.15) is 12.1 Å². The van der Waals surface area contributed by atoms with Crippen molar-refractivity contribution in [2.75, 3.05) is 6.54 Å². The van der Waals surface area contributed by atoms with Crippen LogP contribution in [0.2, 0.25) is 0 Å². The molecular formula is C30H34N4O4S. The molecule has 0 aliphatic carbocycles. The molecule has 8 nitrogen and oxygen atoms in total. The van der Waals surface area contributed by atoms with Gasteiger partial charge in [0.25, 0.3) is 5.91 Å². The zero-order chi connectivity index (χ0) is 27.8. The number of aromatic nitrogens is 1. The summed E-state index contributed by atoms with van der Waals surface area (Å²) in [5, 5.41) is 13.4. The molecule has 0 spiro atoms. The molecule has 39 heavy (non-hydrogen) atoms. The van der Waals surface area contributed by atoms with Crippen molar-refractivity contribution < 1.29 is 19.5 Å². The summed E-state index contributed by atoms with van der Waals surface area (Å²) >= 11 is 1.60. The van der Waals surface area contributed by atoms with Crippen LogP contribution in [0.4, 0.5) is 0 Å². The topological polar surface area (TPSA) is 103 Å². The van der Waals surface area contributed by atoms with E-state index in [0.717, 1.165) is 32.8 Å². The number of aliphatic hydroxyl groups excluding tert-OH is 1. The minimum Gasteiger partial charge on any atom is -0.391 e. The molecule has 2 aromatic carbocycles. The number of hydrogen-bond acceptors (Lipinski definition) is 6. The summed E-state index contributed by atoms with van der Waals surface area (Å²) < 4.78 is 0. The summed E-state index contributed by atoms with van der Waals surface area (Å²) in [5.74, 6) is -0.949. The molecule has 0 radical (unpaired) electrons. The van der Waals surface area contributed by atoms with Gasteiger partial charge in [-0.15, -0.1) is 11.3 Å². The highest BCUT2D eigenvalue weighted by atomic mass is 32.1. The lowest BCUT2D eigenvalue weighted by atomic mass is 10.00. The molecule has 1 unspecified atom stereocenters. The van der Waals surface area contributed by atoms with E-state index in [0.29, 0.717) is 18.7 Å². The maximum Gasteiger partial charge on any atom is 0.255 e. The second-order valence-electron chi connectivity index (χ2n) is 10.8. The standard InChI is InChI=1S/C30H34N4O4S/c1-17(2)26(34-14-22-7-5-6-8-24(22)29(34)37)30(38)33-15-23(35)12-25(33)28(36)31-13-21-10-9-20(11-18(21)3)27-19(4)32-16-39-27/h5-11,16-17,23,25-26,35H,12-15H2,1-4H3,(H,31,36)/t23-,25?,26+/m1/s1. The third-order valence-electron chi connectivity index (χ3n) is 7.74. The highest BCUT2D eigenvalue weighted by Crippen LogP contribution is 2.31. The van der Waals surface area contributed by atoms with Crippen LogP contribution in [0.3, 0.4) is 0 Å². The van der Waals surface area contributed by atoms with Crippen molar-refractivity contribution in [3.63, 3.8) is 0 Å². The molecule has 3 heterocycles. The van der Waals surface area contributed by atoms with Crippen molar-refractivity contribution >= 4 is 29.1 Å². The Balaban J connectivity index is 1.29. The summed E-state index contributed by atoms with van der Waals surface area (Å²) in [6.45, 7) is 8.54. The number of rotatable bonds is 7. The van der Waals surface area contributed by atoms with Crippen molar-refractivity contribution in [2.24, 2.45) is 5.92 Å². The van der Waals surface area contributed by atoms with E-state index in [1.807, 2.05) is 63.5 Å². The number of hydrogen-bond donors (Lipinski definition) is 2. The monoisotopic (exact) mass is 546 g/mol. The van der Waals surface area contributed by atoms with E-state index in [4.69, 9.17) is 0 Å². The fraction of sp³-hybridized carbons (Fsp3) is 0.400. The number of likely N-dealkylation sites (tertiary alicyclic amines) is 1. The van der Waals surface area contributed by atoms with Crippen LogP contribution < -0.4 is 5.32 Å². The van der Waals surface area contributed by atoms with E-state index in [-0.39, 0.29) is 36.6 Å². The summed E-state index contributed by atoms with van der Waals surface area (Å²) in [6, 6.07) is 12.0. The van der Waals surface area contributed by atoms with E-state index in [1.54, 1.807) is 22.3 Å². The average molecular weight is 547 g/mol. The van der Waals surface area contributed by atoms with Gasteiger partial charge >= 0.3 is 0 Å². The first-order chi connectivity index (χ1) is 18.7. The lowest BCUT2D eigenvalue weighted by molar-refractivity contribution is -0.143. The quantitative estimate of drug-likeness (QED) is 0.471. The predicted molar refractivity (Wildman–Crippen MR) is 150 cm³/mol. The van der Waals surface area contributed by atoms with Crippen molar-refractivity contribution in [2.45, 2.75) is 65.4 Å². The third-order valence-corrected chi connectivity index (χ3v) is 8.72. The Bertz CT molecular complexity index is 1420. The van der Waals surface area contributed by atoms with Gasteiger partial charge in [0.05, 0.1) is 22.2 Å². The van der Waals surface area contributed by atoms with Gasteiger partial charge in [-0.25, -0.2) is 4.98 Å². The Kier molecular flexibility index (Phi) is 7.55. The average Bonchev–Trinajstić information content (AvgIpc) is 3.60. The number of amides is 3. The third kappa shape index (κ3) is 5.21. The van der Waals surface area contributed by atoms with Crippen molar-refractivity contribution in [1.29, 1.82) is 0 Å². The Hall–Kier alpha value is -3.56. The maximum atomic E-state index is 13.9. The van der Waals surface area contributed by atoms with E-state index in [9.17, 15) is 19.5 Å². The minimum absolute atomic E-state index is 0.0665. The molecule has 1 saturated heterocycles. The van der Waals surface area contributed by atoms with Crippen LogP contribution >= 0.6 is 11.3 Å². The second-order valence-corrected chi connectivity index (χ2v) is 11.7. The van der Waals surface area contributed by atoms with Gasteiger partial charge in [-0.1, -0.05) is 50.2 Å². The predicted octanol–water partition coefficient (Wildman–Crippen LogP) is 3.69. The van der Waals surface area contributed by atoms with Crippen LogP contribution in [-0.2, 0) is 22.7 Å². The van der Waals surface area contributed by atoms with E-state index >= 15 is 0 Å². The van der Waals surface area contributed by atoms with Crippen molar-refractivity contribution in [3.05, 3.63) is 75.9 Å². The molecule has 9 heteroatoms. The Morgan fingerprint density at radius 3 is 2.62 bits per heavy atom. The largest absolute Gasteiger partial charge is 0.391 e. The van der Waals surface area contributed by atoms with Crippen LogP contribution in [0.25, 0.3) is 10.4 Å². The molecule has 3 aromatic rings. The first-order valence-corrected chi connectivity index (χ1v) is 14.2. The molecule has 0 saturated carbocycles. The van der Waals surface area contributed by atoms with Gasteiger partial charge in [-0.3, -0.25) is 14.4 Å². The zero-order valence-electron chi connectivity index (χ0n) is 22.7. The summed E-state index contributed by atoms with van der Waals surface area (Å²) in [4.78, 5) is 48.9. The number of aliphatic hydroxyl groups is 1. The van der Waals surface area contributed by atoms with Crippen molar-refractivity contribution in [3.8, 4) is 10.4 Å². The van der Waals surface area contributed by atoms with Gasteiger partial charge < -0.3 is 20.2 Å². The summed E-state index contributed by atoms with van der Waals surface area (Å²) in [6.07, 6.45) is -0.633. The second kappa shape index (κ2) is 10.9. The van der Waals surface area contributed by atoms with Gasteiger partial charge in [-0.2, -0.15) is 0 Å². The molecule has 2 aliphatic rings. The normalized spacial score (nSPS) is 19.5. The Labute approximate surface area is 232 Å². The number of benzene rings is 2. The highest BCUT2D eigenvalue weighted by Gasteiger charge is 2.45. The molecule has 1 fully saturated rings. The van der Waals surface area contributed by atoms with Crippen LogP contribution in [0.1, 0.15) is 53.0 Å². The Morgan fingerprint density at radius 2 is 1.95 bits per heavy atom. The number of aryl methyl sites for hydroxylation is 2. The molecule has 204 valence electrons. The van der Waals surface area contributed by atoms with E-state index < -0.39 is 18.2 Å². The highest BCUT2D eigenvalue weighted by molar-refractivity contribution is 7.13. The van der Waals surface area contributed by atoms with Gasteiger partial charge in [0.2, 0.25) is 11.8 Å². The lowest BCUT2D eigenvalue weighted by Gasteiger charge is -2.35. The summed E-state index contributed by atoms with van der Waals surface area (Å²) in [5.41, 5.74) is 7.45. The van der Waals surface area contributed by atoms with Crippen LogP contribution in [0, 0.1) is 19.8 Å². The number of nitrogens with zero attached hydrogens (tertiary/aromatic N) is 3. The molecule has 2 N–H and O–H groups in total. The molecule has 1 aromatic heterocycles. The fourth-order valence-corrected chi connectivity index (χ4v) is 6.47. The minimum atomic E-state index is -0.798. The summed E-state index contributed by atoms with van der Waals surface area (Å²) in [7, 11) is 0. The van der Waals surface area contributed by atoms with Gasteiger partial charge in [0, 0.05) is 31.6 Å². The maximum absolute atomic E-state index is 13.9. The molecule has 3 amide bonds. The zero-order valence-corrected chi connectivity index (χ0v) is 23.5. The molecule has 2 aliphatic heterocycles. The Morgan fingerprint density at radius 1 is 1.18 bits per heavy atom. The smallest absolute Gasteiger partial charge is 0.255 e. The number of thiazole rings is 1. The molecule has 0 bridgehead atoms.